The highest BCUT2D eigenvalue weighted by molar-refractivity contribution is 6.35. The summed E-state index contributed by atoms with van der Waals surface area (Å²) in [5.74, 6) is 0. The van der Waals surface area contributed by atoms with Gasteiger partial charge in [0.25, 0.3) is 0 Å². The Kier molecular flexibility index (Phi) is 9.76. The van der Waals surface area contributed by atoms with Gasteiger partial charge in [0.1, 0.15) is 11.6 Å². The highest BCUT2D eigenvalue weighted by Gasteiger charge is 2.32. The van der Waals surface area contributed by atoms with Crippen LogP contribution in [0.25, 0.3) is 0 Å². The number of nitrogens with zero attached hydrogens (tertiary/aromatic N) is 2. The van der Waals surface area contributed by atoms with E-state index in [0.717, 1.165) is 22.3 Å². The van der Waals surface area contributed by atoms with Crippen LogP contribution in [-0.4, -0.2) is 22.0 Å². The van der Waals surface area contributed by atoms with Crippen molar-refractivity contribution >= 4 is 69.6 Å². The summed E-state index contributed by atoms with van der Waals surface area (Å²) in [6.45, 7) is 0.783. The van der Waals surface area contributed by atoms with E-state index in [2.05, 4.69) is 4.90 Å². The van der Waals surface area contributed by atoms with Crippen LogP contribution in [0.5, 0.6) is 0 Å². The topological polar surface area (TPSA) is 15.7 Å². The lowest BCUT2D eigenvalue weighted by atomic mass is 9.97. The van der Waals surface area contributed by atoms with Gasteiger partial charge in [-0.05, 0) is 70.8 Å². The highest BCUT2D eigenvalue weighted by Crippen LogP contribution is 2.37. The van der Waals surface area contributed by atoms with Gasteiger partial charge in [-0.3, -0.25) is 0 Å². The first kappa shape index (κ1) is 29.4. The maximum absolute atomic E-state index is 7.16. The predicted octanol–water partition coefficient (Wildman–Crippen LogP) is 10.6. The quantitative estimate of drug-likeness (QED) is 0.132. The molecule has 0 aliphatic carbocycles. The summed E-state index contributed by atoms with van der Waals surface area (Å²) in [5.41, 5.74) is 3.36. The van der Waals surface area contributed by atoms with Crippen molar-refractivity contribution in [3.63, 3.8) is 0 Å². The van der Waals surface area contributed by atoms with E-state index in [1.54, 1.807) is 12.1 Å². The molecule has 0 saturated heterocycles. The van der Waals surface area contributed by atoms with Crippen molar-refractivity contribution in [1.29, 1.82) is 0 Å². The number of benzene rings is 4. The van der Waals surface area contributed by atoms with Gasteiger partial charge in [0.15, 0.2) is 0 Å². The fourth-order valence-corrected chi connectivity index (χ4v) is 5.81. The smallest absolute Gasteiger partial charge is 0.135 e. The molecule has 0 saturated carbocycles. The average molecular weight is 653 g/mol. The molecule has 0 spiro atoms. The summed E-state index contributed by atoms with van der Waals surface area (Å²) in [6.07, 6.45) is 3.54. The lowest BCUT2D eigenvalue weighted by Crippen LogP contribution is -2.37. The fraction of sp³-hybridized carbons (Fsp3) is 0.161. The lowest BCUT2D eigenvalue weighted by Gasteiger charge is -2.34. The van der Waals surface area contributed by atoms with Crippen molar-refractivity contribution in [1.82, 2.24) is 9.80 Å². The normalized spacial score (nSPS) is 14.7. The van der Waals surface area contributed by atoms with Crippen LogP contribution >= 0.6 is 69.6 Å². The molecule has 3 nitrogen and oxygen atoms in total. The van der Waals surface area contributed by atoms with Gasteiger partial charge in [-0.2, -0.15) is 0 Å². The van der Waals surface area contributed by atoms with E-state index in [-0.39, 0.29) is 12.6 Å². The van der Waals surface area contributed by atoms with Gasteiger partial charge >= 0.3 is 0 Å². The van der Waals surface area contributed by atoms with Crippen LogP contribution in [0.15, 0.2) is 103 Å². The summed E-state index contributed by atoms with van der Waals surface area (Å²) < 4.78 is 6.41. The van der Waals surface area contributed by atoms with Crippen molar-refractivity contribution < 1.29 is 4.74 Å². The van der Waals surface area contributed by atoms with Crippen LogP contribution in [0.1, 0.15) is 34.4 Å². The molecule has 9 heteroatoms. The van der Waals surface area contributed by atoms with E-state index in [9.17, 15) is 0 Å². The minimum absolute atomic E-state index is 0.0811. The third-order valence-corrected chi connectivity index (χ3v) is 8.50. The lowest BCUT2D eigenvalue weighted by molar-refractivity contribution is 0.00583. The van der Waals surface area contributed by atoms with Gasteiger partial charge in [-0.15, -0.1) is 0 Å². The third kappa shape index (κ3) is 7.03. The zero-order chi connectivity index (χ0) is 28.2. The van der Waals surface area contributed by atoms with E-state index in [4.69, 9.17) is 74.3 Å². The van der Waals surface area contributed by atoms with Gasteiger partial charge in [0, 0.05) is 37.5 Å². The Morgan fingerprint density at radius 3 is 1.60 bits per heavy atom. The second-order valence-corrected chi connectivity index (χ2v) is 12.0. The molecule has 1 heterocycles. The van der Waals surface area contributed by atoms with Crippen molar-refractivity contribution in [3.8, 4) is 0 Å². The number of rotatable bonds is 9. The molecule has 0 N–H and O–H groups in total. The molecule has 206 valence electrons. The molecule has 0 radical (unpaired) electrons. The molecule has 1 aliphatic heterocycles. The highest BCUT2D eigenvalue weighted by atomic mass is 35.5. The van der Waals surface area contributed by atoms with Gasteiger partial charge in [0.05, 0.1) is 19.3 Å². The molecule has 0 fully saturated rings. The largest absolute Gasteiger partial charge is 0.365 e. The van der Waals surface area contributed by atoms with Crippen molar-refractivity contribution in [3.05, 3.63) is 151 Å². The van der Waals surface area contributed by atoms with E-state index < -0.39 is 11.6 Å². The van der Waals surface area contributed by atoms with Gasteiger partial charge in [-0.25, -0.2) is 0 Å². The Hall–Kier alpha value is -2.08. The van der Waals surface area contributed by atoms with Crippen LogP contribution in [0.4, 0.5) is 0 Å². The minimum Gasteiger partial charge on any atom is -0.365 e. The first-order valence-electron chi connectivity index (χ1n) is 12.4. The third-order valence-electron chi connectivity index (χ3n) is 6.68. The van der Waals surface area contributed by atoms with Crippen molar-refractivity contribution in [2.45, 2.75) is 24.3 Å². The van der Waals surface area contributed by atoms with E-state index in [1.807, 2.05) is 96.2 Å². The monoisotopic (exact) mass is 650 g/mol. The minimum atomic E-state index is -0.537. The first-order valence-corrected chi connectivity index (χ1v) is 14.8. The Morgan fingerprint density at radius 2 is 1.07 bits per heavy atom. The molecule has 5 rings (SSSR count). The van der Waals surface area contributed by atoms with Crippen LogP contribution in [0.2, 0.25) is 25.1 Å². The summed E-state index contributed by atoms with van der Waals surface area (Å²) in [4.78, 5) is 4.26. The second kappa shape index (κ2) is 13.3. The second-order valence-electron chi connectivity index (χ2n) is 9.37. The zero-order valence-electron chi connectivity index (χ0n) is 21.0. The fourth-order valence-electron chi connectivity index (χ4n) is 4.63. The number of hydrogen-bond donors (Lipinski definition) is 0. The Morgan fingerprint density at radius 1 is 0.600 bits per heavy atom. The first-order chi connectivity index (χ1) is 19.3. The maximum atomic E-state index is 7.16. The average Bonchev–Trinajstić information content (AvgIpc) is 3.43. The molecule has 40 heavy (non-hydrogen) atoms. The summed E-state index contributed by atoms with van der Waals surface area (Å²) in [6, 6.07) is 28.5. The molecular weight excluding hydrogens is 629 g/mol. The molecule has 1 aliphatic rings. The summed E-state index contributed by atoms with van der Waals surface area (Å²) in [5, 5.41) is 3.10. The zero-order valence-corrected chi connectivity index (χ0v) is 25.6. The number of ether oxygens (including phenoxy) is 1. The molecular formula is C31H24Cl6N2O. The van der Waals surface area contributed by atoms with Gasteiger partial charge < -0.3 is 14.5 Å². The maximum Gasteiger partial charge on any atom is 0.135 e. The molecule has 0 amide bonds. The SMILES string of the molecule is Clc1ccc(C(OCc2ccc(Cl)cc2Cl)C(Cl)N2C=CN(C(c3ccc(Cl)cc3)c3ccc(Cl)cc3)C2)cc1. The number of hydrogen-bond acceptors (Lipinski definition) is 3. The molecule has 4 aromatic carbocycles. The molecule has 0 aromatic heterocycles. The Balaban J connectivity index is 1.39. The standard InChI is InChI=1S/C31H24Cl6N2O/c32-24-8-1-20(2-9-24)29(21-3-10-25(33)11-4-21)38-15-16-39(19-38)31(37)30(22-5-12-26(34)13-6-22)40-18-23-7-14-27(35)17-28(23)36/h1-17,29-31H,18-19H2. The predicted molar refractivity (Wildman–Crippen MR) is 168 cm³/mol. The Bertz CT molecular complexity index is 1420. The van der Waals surface area contributed by atoms with Crippen LogP contribution in [-0.2, 0) is 11.3 Å². The van der Waals surface area contributed by atoms with E-state index >= 15 is 0 Å². The van der Waals surface area contributed by atoms with Gasteiger partial charge in [0.2, 0.25) is 0 Å². The number of halogens is 6. The van der Waals surface area contributed by atoms with Crippen LogP contribution in [0, 0.1) is 0 Å². The molecule has 2 unspecified atom stereocenters. The molecule has 2 atom stereocenters. The number of alkyl halides is 1. The van der Waals surface area contributed by atoms with Gasteiger partial charge in [-0.1, -0.05) is 112 Å². The van der Waals surface area contributed by atoms with E-state index in [0.29, 0.717) is 31.8 Å². The molecule has 4 aromatic rings. The van der Waals surface area contributed by atoms with E-state index in [1.165, 1.54) is 0 Å². The van der Waals surface area contributed by atoms with Crippen LogP contribution in [0.3, 0.4) is 0 Å². The summed E-state index contributed by atoms with van der Waals surface area (Å²) in [7, 11) is 0. The molecule has 0 bridgehead atoms. The van der Waals surface area contributed by atoms with Crippen molar-refractivity contribution in [2.24, 2.45) is 0 Å². The Labute approximate surface area is 264 Å². The summed E-state index contributed by atoms with van der Waals surface area (Å²) >= 11 is 38.2. The van der Waals surface area contributed by atoms with Crippen molar-refractivity contribution in [2.75, 3.05) is 6.67 Å². The van der Waals surface area contributed by atoms with Crippen LogP contribution < -0.4 is 0 Å².